The number of hydrogen-bond acceptors (Lipinski definition) is 3. The second-order valence-electron chi connectivity index (χ2n) is 6.23. The second-order valence-corrected chi connectivity index (χ2v) is 6.67. The highest BCUT2D eigenvalue weighted by molar-refractivity contribution is 14.0. The summed E-state index contributed by atoms with van der Waals surface area (Å²) in [6, 6.07) is 8.01. The molecule has 0 spiro atoms. The molecule has 24 heavy (non-hydrogen) atoms. The summed E-state index contributed by atoms with van der Waals surface area (Å²) in [6.45, 7) is 6.19. The number of benzene rings is 1. The van der Waals surface area contributed by atoms with Gasteiger partial charge in [0.15, 0.2) is 5.96 Å². The molecule has 2 aliphatic heterocycles. The van der Waals surface area contributed by atoms with Crippen molar-refractivity contribution >= 4 is 47.2 Å². The van der Waals surface area contributed by atoms with Gasteiger partial charge in [-0.2, -0.15) is 0 Å². The van der Waals surface area contributed by atoms with E-state index in [2.05, 4.69) is 26.9 Å². The van der Waals surface area contributed by atoms with E-state index in [1.807, 2.05) is 12.1 Å². The minimum atomic E-state index is 0. The molecule has 3 rings (SSSR count). The van der Waals surface area contributed by atoms with Crippen LogP contribution in [0.2, 0.25) is 5.02 Å². The van der Waals surface area contributed by atoms with E-state index in [1.165, 1.54) is 12.1 Å². The molecule has 1 aromatic rings. The van der Waals surface area contributed by atoms with E-state index in [9.17, 15) is 0 Å². The number of ether oxygens (including phenoxy) is 1. The lowest BCUT2D eigenvalue weighted by Gasteiger charge is -2.36. The highest BCUT2D eigenvalue weighted by Crippen LogP contribution is 2.19. The van der Waals surface area contributed by atoms with Gasteiger partial charge in [-0.25, -0.2) is 0 Å². The van der Waals surface area contributed by atoms with Gasteiger partial charge in [-0.05, 0) is 37.1 Å². The molecule has 0 saturated carbocycles. The molecular formula is C17H26ClIN4O. The molecule has 2 aliphatic rings. The number of anilines is 1. The molecule has 1 aromatic carbocycles. The van der Waals surface area contributed by atoms with Crippen LogP contribution >= 0.6 is 35.6 Å². The maximum Gasteiger partial charge on any atom is 0.191 e. The van der Waals surface area contributed by atoms with Crippen LogP contribution in [0.5, 0.6) is 0 Å². The zero-order chi connectivity index (χ0) is 16.1. The van der Waals surface area contributed by atoms with Gasteiger partial charge in [0, 0.05) is 56.0 Å². The maximum absolute atomic E-state index is 6.17. The van der Waals surface area contributed by atoms with Gasteiger partial charge in [-0.3, -0.25) is 4.99 Å². The van der Waals surface area contributed by atoms with Gasteiger partial charge < -0.3 is 20.3 Å². The number of guanidine groups is 1. The summed E-state index contributed by atoms with van der Waals surface area (Å²) >= 11 is 5.95. The molecule has 1 atom stereocenters. The summed E-state index contributed by atoms with van der Waals surface area (Å²) in [7, 11) is 0. The van der Waals surface area contributed by atoms with Crippen LogP contribution in [0.25, 0.3) is 0 Å². The summed E-state index contributed by atoms with van der Waals surface area (Å²) in [6.07, 6.45) is 2.33. The Morgan fingerprint density at radius 2 is 1.92 bits per heavy atom. The molecule has 2 heterocycles. The van der Waals surface area contributed by atoms with Gasteiger partial charge in [-0.15, -0.1) is 24.0 Å². The van der Waals surface area contributed by atoms with Crippen LogP contribution in [0.3, 0.4) is 0 Å². The Bertz CT molecular complexity index is 526. The van der Waals surface area contributed by atoms with Crippen molar-refractivity contribution in [1.82, 2.24) is 4.90 Å². The number of halogens is 2. The van der Waals surface area contributed by atoms with Gasteiger partial charge in [0.2, 0.25) is 0 Å². The fourth-order valence-corrected chi connectivity index (χ4v) is 3.25. The Morgan fingerprint density at radius 3 is 2.54 bits per heavy atom. The lowest BCUT2D eigenvalue weighted by Crippen LogP contribution is -2.51. The Balaban J connectivity index is 0.00000208. The highest BCUT2D eigenvalue weighted by atomic mass is 127. The molecule has 2 saturated heterocycles. The first-order valence-corrected chi connectivity index (χ1v) is 8.73. The van der Waals surface area contributed by atoms with E-state index < -0.39 is 0 Å². The first-order valence-electron chi connectivity index (χ1n) is 8.35. The van der Waals surface area contributed by atoms with Crippen LogP contribution in [0.1, 0.15) is 12.8 Å². The second kappa shape index (κ2) is 9.68. The Labute approximate surface area is 166 Å². The van der Waals surface area contributed by atoms with E-state index in [0.717, 1.165) is 57.4 Å². The van der Waals surface area contributed by atoms with E-state index in [1.54, 1.807) is 0 Å². The summed E-state index contributed by atoms with van der Waals surface area (Å²) in [5.41, 5.74) is 7.38. The van der Waals surface area contributed by atoms with Gasteiger partial charge in [-0.1, -0.05) is 11.6 Å². The molecule has 0 aliphatic carbocycles. The number of aliphatic imine (C=N–C) groups is 1. The predicted molar refractivity (Wildman–Crippen MR) is 111 cm³/mol. The largest absolute Gasteiger partial charge is 0.381 e. The smallest absolute Gasteiger partial charge is 0.191 e. The number of nitrogens with two attached hydrogens (primary N) is 1. The van der Waals surface area contributed by atoms with Gasteiger partial charge >= 0.3 is 0 Å². The molecule has 2 N–H and O–H groups in total. The lowest BCUT2D eigenvalue weighted by atomic mass is 10.0. The standard InChI is InChI=1S/C17H25ClN4O.HI/c18-15-3-5-16(6-4-15)21-7-9-22(10-8-21)17(19)20-12-14-2-1-11-23-13-14;/h3-6,14H,1-2,7-13H2,(H2,19,20);1H. The van der Waals surface area contributed by atoms with Crippen molar-refractivity contribution in [2.24, 2.45) is 16.6 Å². The van der Waals surface area contributed by atoms with Gasteiger partial charge in [0.25, 0.3) is 0 Å². The number of rotatable bonds is 3. The molecule has 0 bridgehead atoms. The molecular weight excluding hydrogens is 439 g/mol. The van der Waals surface area contributed by atoms with Crippen LogP contribution in [-0.4, -0.2) is 56.8 Å². The third kappa shape index (κ3) is 5.39. The minimum absolute atomic E-state index is 0. The van der Waals surface area contributed by atoms with Crippen molar-refractivity contribution in [3.63, 3.8) is 0 Å². The summed E-state index contributed by atoms with van der Waals surface area (Å²) in [5, 5.41) is 0.774. The third-order valence-corrected chi connectivity index (χ3v) is 4.81. The molecule has 5 nitrogen and oxygen atoms in total. The molecule has 1 unspecified atom stereocenters. The summed E-state index contributed by atoms with van der Waals surface area (Å²) in [5.74, 6) is 1.20. The third-order valence-electron chi connectivity index (χ3n) is 4.56. The van der Waals surface area contributed by atoms with E-state index in [-0.39, 0.29) is 24.0 Å². The molecule has 2 fully saturated rings. The predicted octanol–water partition coefficient (Wildman–Crippen LogP) is 2.82. The highest BCUT2D eigenvalue weighted by Gasteiger charge is 2.19. The lowest BCUT2D eigenvalue weighted by molar-refractivity contribution is 0.0581. The van der Waals surface area contributed by atoms with Crippen molar-refractivity contribution in [3.8, 4) is 0 Å². The molecule has 0 amide bonds. The Hall–Kier alpha value is -0.730. The van der Waals surface area contributed by atoms with E-state index in [4.69, 9.17) is 22.1 Å². The molecule has 0 radical (unpaired) electrons. The fraction of sp³-hybridized carbons (Fsp3) is 0.588. The van der Waals surface area contributed by atoms with Crippen LogP contribution in [0.4, 0.5) is 5.69 Å². The zero-order valence-corrected chi connectivity index (χ0v) is 17.0. The number of nitrogens with zero attached hydrogens (tertiary/aromatic N) is 3. The van der Waals surface area contributed by atoms with Crippen molar-refractivity contribution in [1.29, 1.82) is 0 Å². The van der Waals surface area contributed by atoms with Crippen LogP contribution in [0, 0.1) is 5.92 Å². The Morgan fingerprint density at radius 1 is 1.21 bits per heavy atom. The van der Waals surface area contributed by atoms with Gasteiger partial charge in [0.1, 0.15) is 0 Å². The quantitative estimate of drug-likeness (QED) is 0.425. The number of hydrogen-bond donors (Lipinski definition) is 1. The van der Waals surface area contributed by atoms with Crippen molar-refractivity contribution in [2.75, 3.05) is 50.8 Å². The first kappa shape index (κ1) is 19.6. The topological polar surface area (TPSA) is 54.1 Å². The molecule has 0 aromatic heterocycles. The molecule has 7 heteroatoms. The Kier molecular flexibility index (Phi) is 7.90. The maximum atomic E-state index is 6.17. The molecule has 134 valence electrons. The van der Waals surface area contributed by atoms with Crippen LogP contribution in [-0.2, 0) is 4.74 Å². The minimum Gasteiger partial charge on any atom is -0.381 e. The van der Waals surface area contributed by atoms with E-state index in [0.29, 0.717) is 11.9 Å². The SMILES string of the molecule is I.NC(=NCC1CCCOC1)N1CCN(c2ccc(Cl)cc2)CC1. The zero-order valence-electron chi connectivity index (χ0n) is 13.9. The fourth-order valence-electron chi connectivity index (χ4n) is 3.12. The monoisotopic (exact) mass is 464 g/mol. The average molecular weight is 465 g/mol. The average Bonchev–Trinajstić information content (AvgIpc) is 2.61. The van der Waals surface area contributed by atoms with Crippen molar-refractivity contribution in [3.05, 3.63) is 29.3 Å². The summed E-state index contributed by atoms with van der Waals surface area (Å²) in [4.78, 5) is 9.12. The first-order chi connectivity index (χ1) is 11.2. The van der Waals surface area contributed by atoms with E-state index >= 15 is 0 Å². The van der Waals surface area contributed by atoms with Gasteiger partial charge in [0.05, 0.1) is 6.61 Å². The summed E-state index contributed by atoms with van der Waals surface area (Å²) < 4.78 is 5.49. The van der Waals surface area contributed by atoms with Crippen molar-refractivity contribution in [2.45, 2.75) is 12.8 Å². The van der Waals surface area contributed by atoms with Crippen LogP contribution in [0.15, 0.2) is 29.3 Å². The normalized spacial score (nSPS) is 22.2. The van der Waals surface area contributed by atoms with Crippen LogP contribution < -0.4 is 10.6 Å². The van der Waals surface area contributed by atoms with Crippen molar-refractivity contribution < 1.29 is 4.74 Å². The number of piperazine rings is 1.